The number of fused-ring (bicyclic) bond motifs is 3. The molecule has 1 aliphatic rings. The summed E-state index contributed by atoms with van der Waals surface area (Å²) in [6, 6.07) is 7.78. The van der Waals surface area contributed by atoms with Gasteiger partial charge in [-0.15, -0.1) is 5.10 Å². The summed E-state index contributed by atoms with van der Waals surface area (Å²) in [6.45, 7) is 2.06. The maximum Gasteiger partial charge on any atom is 0.229 e. The predicted molar refractivity (Wildman–Crippen MR) is 130 cm³/mol. The third-order valence-electron chi connectivity index (χ3n) is 6.60. The molecule has 4 aromatic heterocycles. The van der Waals surface area contributed by atoms with Crippen LogP contribution in [0.25, 0.3) is 27.8 Å². The summed E-state index contributed by atoms with van der Waals surface area (Å²) in [7, 11) is 2.11. The average molecular weight is 489 g/mol. The molecule has 1 fully saturated rings. The van der Waals surface area contributed by atoms with Crippen LogP contribution < -0.4 is 5.32 Å². The topological polar surface area (TPSA) is 104 Å². The summed E-state index contributed by atoms with van der Waals surface area (Å²) in [5, 5.41) is 21.8. The predicted octanol–water partition coefficient (Wildman–Crippen LogP) is 4.27. The number of nitrogens with zero attached hydrogens (tertiary/aromatic N) is 7. The number of rotatable bonds is 4. The molecule has 1 saturated heterocycles. The molecule has 2 N–H and O–H groups in total. The van der Waals surface area contributed by atoms with Gasteiger partial charge >= 0.3 is 0 Å². The van der Waals surface area contributed by atoms with Crippen molar-refractivity contribution in [2.45, 2.75) is 18.8 Å². The molecule has 0 saturated carbocycles. The summed E-state index contributed by atoms with van der Waals surface area (Å²) in [6.07, 6.45) is 6.26. The van der Waals surface area contributed by atoms with Gasteiger partial charge in [0.25, 0.3) is 0 Å². The van der Waals surface area contributed by atoms with Gasteiger partial charge in [0, 0.05) is 29.9 Å². The Labute approximate surface area is 204 Å². The first-order valence-electron chi connectivity index (χ1n) is 11.6. The van der Waals surface area contributed by atoms with Gasteiger partial charge in [0.2, 0.25) is 5.95 Å². The number of piperidine rings is 1. The molecule has 36 heavy (non-hydrogen) atoms. The Kier molecular flexibility index (Phi) is 5.41. The van der Waals surface area contributed by atoms with Gasteiger partial charge in [-0.25, -0.2) is 23.7 Å². The average Bonchev–Trinajstić information content (AvgIpc) is 3.34. The molecule has 9 nitrogen and oxygen atoms in total. The number of imidazole rings is 1. The highest BCUT2D eigenvalue weighted by Gasteiger charge is 2.20. The van der Waals surface area contributed by atoms with Crippen LogP contribution in [-0.4, -0.2) is 59.7 Å². The van der Waals surface area contributed by atoms with Gasteiger partial charge in [-0.3, -0.25) is 4.40 Å². The Morgan fingerprint density at radius 3 is 2.64 bits per heavy atom. The molecule has 6 rings (SSSR count). The number of aromatic nitrogens is 6. The molecule has 5 aromatic rings. The van der Waals surface area contributed by atoms with Crippen molar-refractivity contribution in [1.29, 1.82) is 0 Å². The minimum atomic E-state index is -0.718. The second-order valence-electron chi connectivity index (χ2n) is 8.97. The van der Waals surface area contributed by atoms with E-state index >= 15 is 4.39 Å². The highest BCUT2D eigenvalue weighted by Crippen LogP contribution is 2.34. The molecule has 0 atom stereocenters. The first-order chi connectivity index (χ1) is 17.5. The molecule has 11 heteroatoms. The van der Waals surface area contributed by atoms with Crippen LogP contribution in [0.15, 0.2) is 48.9 Å². The van der Waals surface area contributed by atoms with Crippen molar-refractivity contribution in [3.05, 3.63) is 66.3 Å². The van der Waals surface area contributed by atoms with E-state index in [4.69, 9.17) is 0 Å². The molecule has 0 radical (unpaired) electrons. The number of nitrogens with one attached hydrogen (secondary N) is 1. The third-order valence-corrected chi connectivity index (χ3v) is 6.60. The number of anilines is 2. The summed E-state index contributed by atoms with van der Waals surface area (Å²) in [4.78, 5) is 14.7. The van der Waals surface area contributed by atoms with Crippen molar-refractivity contribution in [3.63, 3.8) is 0 Å². The maximum atomic E-state index is 15.0. The van der Waals surface area contributed by atoms with Gasteiger partial charge in [0.1, 0.15) is 22.9 Å². The number of aromatic hydroxyl groups is 1. The zero-order valence-electron chi connectivity index (χ0n) is 19.4. The summed E-state index contributed by atoms with van der Waals surface area (Å²) < 4.78 is 31.4. The fourth-order valence-electron chi connectivity index (χ4n) is 4.67. The standard InChI is InChI=1S/C25H22F2N8O/c1-34-7-4-14(5-8-34)18-2-3-21(33-32-18)30-25-29-13-17(27)24(31-25)15-10-16(26)23-19(11-15)35-9-6-28-22(35)12-20(23)36/h2-3,6,9-14,36H,4-5,7-8H2,1H3,(H,29,30,31,33). The van der Waals surface area contributed by atoms with E-state index < -0.39 is 11.6 Å². The monoisotopic (exact) mass is 488 g/mol. The number of likely N-dealkylation sites (tertiary alicyclic amines) is 1. The quantitative estimate of drug-likeness (QED) is 0.387. The zero-order valence-corrected chi connectivity index (χ0v) is 19.4. The fraction of sp³-hybridized carbons (Fsp3) is 0.240. The van der Waals surface area contributed by atoms with Crippen LogP contribution in [0, 0.1) is 11.6 Å². The van der Waals surface area contributed by atoms with Crippen molar-refractivity contribution in [2.24, 2.45) is 0 Å². The van der Waals surface area contributed by atoms with Gasteiger partial charge < -0.3 is 15.3 Å². The number of hydrogen-bond donors (Lipinski definition) is 2. The summed E-state index contributed by atoms with van der Waals surface area (Å²) >= 11 is 0. The lowest BCUT2D eigenvalue weighted by Crippen LogP contribution is -2.29. The Balaban J connectivity index is 1.31. The molecule has 1 aromatic carbocycles. The SMILES string of the molecule is CN1CCC(c2ccc(Nc3ncc(F)c(-c4cc(F)c5c(O)cc6nccn6c5c4)n3)nn2)CC1. The van der Waals surface area contributed by atoms with E-state index in [-0.39, 0.29) is 28.3 Å². The molecule has 182 valence electrons. The number of pyridine rings is 1. The Morgan fingerprint density at radius 2 is 1.86 bits per heavy atom. The molecule has 5 heterocycles. The molecule has 0 unspecified atom stereocenters. The lowest BCUT2D eigenvalue weighted by molar-refractivity contribution is 0.253. The third kappa shape index (κ3) is 3.97. The zero-order chi connectivity index (χ0) is 24.8. The van der Waals surface area contributed by atoms with E-state index in [9.17, 15) is 9.50 Å². The number of benzene rings is 1. The molecule has 1 aliphatic heterocycles. The van der Waals surface area contributed by atoms with Crippen LogP contribution in [0.2, 0.25) is 0 Å². The van der Waals surface area contributed by atoms with Crippen LogP contribution in [0.4, 0.5) is 20.5 Å². The normalized spacial score (nSPS) is 15.1. The van der Waals surface area contributed by atoms with Crippen molar-refractivity contribution >= 4 is 28.3 Å². The van der Waals surface area contributed by atoms with Crippen LogP contribution in [-0.2, 0) is 0 Å². The largest absolute Gasteiger partial charge is 0.507 e. The van der Waals surface area contributed by atoms with E-state index in [1.54, 1.807) is 22.7 Å². The second kappa shape index (κ2) is 8.76. The van der Waals surface area contributed by atoms with Crippen LogP contribution >= 0.6 is 0 Å². The van der Waals surface area contributed by atoms with Gasteiger partial charge in [0.15, 0.2) is 11.6 Å². The smallest absolute Gasteiger partial charge is 0.229 e. The van der Waals surface area contributed by atoms with E-state index in [2.05, 4.69) is 42.4 Å². The van der Waals surface area contributed by atoms with E-state index in [1.165, 1.54) is 12.3 Å². The highest BCUT2D eigenvalue weighted by atomic mass is 19.1. The molecule has 0 amide bonds. The van der Waals surface area contributed by atoms with Crippen LogP contribution in [0.1, 0.15) is 24.5 Å². The first-order valence-corrected chi connectivity index (χ1v) is 11.6. The van der Waals surface area contributed by atoms with Gasteiger partial charge in [0.05, 0.1) is 22.8 Å². The van der Waals surface area contributed by atoms with Crippen molar-refractivity contribution in [1.82, 2.24) is 34.4 Å². The van der Waals surface area contributed by atoms with E-state index in [0.717, 1.165) is 43.9 Å². The Hall–Kier alpha value is -4.25. The fourth-order valence-corrected chi connectivity index (χ4v) is 4.67. The summed E-state index contributed by atoms with van der Waals surface area (Å²) in [5.41, 5.74) is 1.80. The molecular formula is C25H22F2N8O. The Morgan fingerprint density at radius 1 is 1.03 bits per heavy atom. The molecule has 0 spiro atoms. The van der Waals surface area contributed by atoms with Gasteiger partial charge in [-0.2, -0.15) is 5.10 Å². The van der Waals surface area contributed by atoms with Crippen molar-refractivity contribution in [3.8, 4) is 17.0 Å². The molecular weight excluding hydrogens is 466 g/mol. The van der Waals surface area contributed by atoms with Crippen molar-refractivity contribution < 1.29 is 13.9 Å². The van der Waals surface area contributed by atoms with Gasteiger partial charge in [-0.1, -0.05) is 0 Å². The first kappa shape index (κ1) is 22.2. The lowest BCUT2D eigenvalue weighted by Gasteiger charge is -2.28. The minimum Gasteiger partial charge on any atom is -0.507 e. The number of halogens is 2. The molecule has 0 aliphatic carbocycles. The maximum absolute atomic E-state index is 15.0. The minimum absolute atomic E-state index is 0.0111. The van der Waals surface area contributed by atoms with E-state index in [1.807, 2.05) is 6.07 Å². The Bertz CT molecular complexity index is 1580. The lowest BCUT2D eigenvalue weighted by atomic mass is 9.94. The van der Waals surface area contributed by atoms with Gasteiger partial charge in [-0.05, 0) is 57.2 Å². The van der Waals surface area contributed by atoms with Crippen LogP contribution in [0.5, 0.6) is 5.75 Å². The van der Waals surface area contributed by atoms with E-state index in [0.29, 0.717) is 22.9 Å². The van der Waals surface area contributed by atoms with Crippen LogP contribution in [0.3, 0.4) is 0 Å². The van der Waals surface area contributed by atoms with Crippen molar-refractivity contribution in [2.75, 3.05) is 25.5 Å². The number of hydrogen-bond acceptors (Lipinski definition) is 8. The second-order valence-corrected chi connectivity index (χ2v) is 8.97. The molecule has 0 bridgehead atoms. The summed E-state index contributed by atoms with van der Waals surface area (Å²) in [5.74, 6) is -0.791. The highest BCUT2D eigenvalue weighted by molar-refractivity contribution is 5.91.